The van der Waals surface area contributed by atoms with Crippen molar-refractivity contribution >= 4 is 5.78 Å². The summed E-state index contributed by atoms with van der Waals surface area (Å²) in [5, 5.41) is 10.1. The van der Waals surface area contributed by atoms with Gasteiger partial charge >= 0.3 is 0 Å². The molecule has 0 radical (unpaired) electrons. The second-order valence-corrected chi connectivity index (χ2v) is 5.79. The standard InChI is InChI=1S/C13H21NO2/c1-2-9-5-8-6-10-11(15)3-4-12(16)14(7-8)13(9)10/h8-10,12-13,16H,2-7H2,1H3. The van der Waals surface area contributed by atoms with E-state index in [9.17, 15) is 9.90 Å². The van der Waals surface area contributed by atoms with Gasteiger partial charge in [0.05, 0.1) is 0 Å². The average Bonchev–Trinajstić information content (AvgIpc) is 2.41. The number of Topliss-reactive ketones (excluding diaryl/α,β-unsaturated/α-hetero) is 1. The molecule has 1 aliphatic carbocycles. The third-order valence-corrected chi connectivity index (χ3v) is 4.94. The molecule has 3 aliphatic heterocycles. The van der Waals surface area contributed by atoms with Gasteiger partial charge in [0, 0.05) is 24.9 Å². The molecule has 16 heavy (non-hydrogen) atoms. The van der Waals surface area contributed by atoms with Crippen LogP contribution in [0.4, 0.5) is 0 Å². The van der Waals surface area contributed by atoms with Gasteiger partial charge in [0.2, 0.25) is 0 Å². The number of piperidine rings is 2. The molecule has 0 amide bonds. The number of hydrogen-bond acceptors (Lipinski definition) is 3. The van der Waals surface area contributed by atoms with Crippen LogP contribution in [-0.2, 0) is 4.79 Å². The Morgan fingerprint density at radius 1 is 1.44 bits per heavy atom. The number of nitrogens with zero attached hydrogens (tertiary/aromatic N) is 1. The highest BCUT2D eigenvalue weighted by Gasteiger charge is 2.51. The zero-order valence-electron chi connectivity index (χ0n) is 9.93. The molecule has 6 unspecified atom stereocenters. The molecule has 6 atom stereocenters. The number of hydrogen-bond donors (Lipinski definition) is 1. The number of ketones is 1. The van der Waals surface area contributed by atoms with Gasteiger partial charge in [0.25, 0.3) is 0 Å². The smallest absolute Gasteiger partial charge is 0.137 e. The Morgan fingerprint density at radius 2 is 2.25 bits per heavy atom. The molecule has 0 spiro atoms. The first-order valence-electron chi connectivity index (χ1n) is 6.67. The number of carbonyl (C=O) groups is 1. The molecule has 3 saturated heterocycles. The fraction of sp³-hybridized carbons (Fsp3) is 0.923. The first kappa shape index (κ1) is 10.7. The van der Waals surface area contributed by atoms with Crippen LogP contribution in [0, 0.1) is 17.8 Å². The molecule has 4 fully saturated rings. The summed E-state index contributed by atoms with van der Waals surface area (Å²) >= 11 is 0. The van der Waals surface area contributed by atoms with Crippen LogP contribution in [0.3, 0.4) is 0 Å². The van der Waals surface area contributed by atoms with E-state index in [-0.39, 0.29) is 12.1 Å². The van der Waals surface area contributed by atoms with Gasteiger partial charge in [-0.15, -0.1) is 0 Å². The normalized spacial score (nSPS) is 51.5. The molecule has 0 aromatic carbocycles. The van der Waals surface area contributed by atoms with Gasteiger partial charge in [0.1, 0.15) is 12.0 Å². The Kier molecular flexibility index (Phi) is 2.55. The highest BCUT2D eigenvalue weighted by molar-refractivity contribution is 5.82. The summed E-state index contributed by atoms with van der Waals surface area (Å²) in [6.07, 6.45) is 4.37. The minimum Gasteiger partial charge on any atom is -0.378 e. The van der Waals surface area contributed by atoms with Crippen molar-refractivity contribution in [3.05, 3.63) is 0 Å². The molecule has 3 nitrogen and oxygen atoms in total. The summed E-state index contributed by atoms with van der Waals surface area (Å²) in [7, 11) is 0. The van der Waals surface area contributed by atoms with Crippen LogP contribution in [0.15, 0.2) is 0 Å². The van der Waals surface area contributed by atoms with Crippen LogP contribution < -0.4 is 0 Å². The first-order chi connectivity index (χ1) is 7.70. The Balaban J connectivity index is 1.95. The van der Waals surface area contributed by atoms with Crippen molar-refractivity contribution in [2.45, 2.75) is 51.3 Å². The number of aliphatic hydroxyl groups is 1. The van der Waals surface area contributed by atoms with E-state index in [2.05, 4.69) is 11.8 Å². The van der Waals surface area contributed by atoms with E-state index in [1.54, 1.807) is 0 Å². The van der Waals surface area contributed by atoms with Crippen molar-refractivity contribution in [2.75, 3.05) is 6.54 Å². The summed E-state index contributed by atoms with van der Waals surface area (Å²) in [5.74, 6) is 1.93. The third kappa shape index (κ3) is 1.45. The van der Waals surface area contributed by atoms with E-state index in [4.69, 9.17) is 0 Å². The monoisotopic (exact) mass is 223 g/mol. The minimum atomic E-state index is -0.365. The van der Waals surface area contributed by atoms with Crippen molar-refractivity contribution in [1.29, 1.82) is 0 Å². The predicted octanol–water partition coefficient (Wildman–Crippen LogP) is 1.40. The second kappa shape index (κ2) is 3.81. The summed E-state index contributed by atoms with van der Waals surface area (Å²) in [4.78, 5) is 14.3. The molecule has 4 rings (SSSR count). The van der Waals surface area contributed by atoms with Gasteiger partial charge in [-0.2, -0.15) is 0 Å². The lowest BCUT2D eigenvalue weighted by Gasteiger charge is -2.53. The minimum absolute atomic E-state index is 0.231. The van der Waals surface area contributed by atoms with Crippen molar-refractivity contribution in [1.82, 2.24) is 4.90 Å². The average molecular weight is 223 g/mol. The predicted molar refractivity (Wildman–Crippen MR) is 60.7 cm³/mol. The molecule has 1 N–H and O–H groups in total. The van der Waals surface area contributed by atoms with Gasteiger partial charge < -0.3 is 5.11 Å². The van der Waals surface area contributed by atoms with Crippen LogP contribution >= 0.6 is 0 Å². The van der Waals surface area contributed by atoms with Gasteiger partial charge in [-0.05, 0) is 31.1 Å². The van der Waals surface area contributed by atoms with Gasteiger partial charge in [0.15, 0.2) is 0 Å². The van der Waals surface area contributed by atoms with Crippen molar-refractivity contribution in [2.24, 2.45) is 17.8 Å². The Bertz CT molecular complexity index is 304. The molecule has 3 heteroatoms. The Hall–Kier alpha value is -0.410. The highest BCUT2D eigenvalue weighted by atomic mass is 16.3. The van der Waals surface area contributed by atoms with Crippen LogP contribution in [0.2, 0.25) is 0 Å². The molecule has 4 aliphatic rings. The highest BCUT2D eigenvalue weighted by Crippen LogP contribution is 2.46. The molecule has 4 bridgehead atoms. The number of carbonyl (C=O) groups excluding carboxylic acids is 1. The Morgan fingerprint density at radius 3 is 3.00 bits per heavy atom. The van der Waals surface area contributed by atoms with E-state index in [1.165, 1.54) is 6.42 Å². The maximum atomic E-state index is 12.1. The quantitative estimate of drug-likeness (QED) is 0.730. The van der Waals surface area contributed by atoms with E-state index in [0.29, 0.717) is 36.5 Å². The van der Waals surface area contributed by atoms with Crippen molar-refractivity contribution in [3.63, 3.8) is 0 Å². The van der Waals surface area contributed by atoms with Gasteiger partial charge in [-0.3, -0.25) is 9.69 Å². The SMILES string of the molecule is CCC1CC2CC3C(=O)CCC(O)N(C2)C13. The summed E-state index contributed by atoms with van der Waals surface area (Å²) in [6, 6.07) is 0.347. The lowest BCUT2D eigenvalue weighted by atomic mass is 9.65. The van der Waals surface area contributed by atoms with Crippen LogP contribution in [-0.4, -0.2) is 34.6 Å². The maximum Gasteiger partial charge on any atom is 0.137 e. The van der Waals surface area contributed by atoms with E-state index in [0.717, 1.165) is 19.4 Å². The lowest BCUT2D eigenvalue weighted by Crippen LogP contribution is -2.60. The summed E-state index contributed by atoms with van der Waals surface area (Å²) in [6.45, 7) is 3.24. The van der Waals surface area contributed by atoms with E-state index < -0.39 is 0 Å². The Labute approximate surface area is 96.8 Å². The van der Waals surface area contributed by atoms with E-state index in [1.807, 2.05) is 0 Å². The molecular formula is C13H21NO2. The maximum absolute atomic E-state index is 12.1. The number of aliphatic hydroxyl groups excluding tert-OH is 1. The van der Waals surface area contributed by atoms with E-state index >= 15 is 0 Å². The number of fused-ring (bicyclic) bond motifs is 1. The molecular weight excluding hydrogens is 202 g/mol. The van der Waals surface area contributed by atoms with Gasteiger partial charge in [-0.1, -0.05) is 13.3 Å². The summed E-state index contributed by atoms with van der Waals surface area (Å²) in [5.41, 5.74) is 0. The molecule has 1 saturated carbocycles. The van der Waals surface area contributed by atoms with Gasteiger partial charge in [-0.25, -0.2) is 0 Å². The fourth-order valence-corrected chi connectivity index (χ4v) is 4.23. The van der Waals surface area contributed by atoms with Crippen molar-refractivity contribution < 1.29 is 9.90 Å². The third-order valence-electron chi connectivity index (χ3n) is 4.94. The second-order valence-electron chi connectivity index (χ2n) is 5.79. The topological polar surface area (TPSA) is 40.5 Å². The fourth-order valence-electron chi connectivity index (χ4n) is 4.23. The lowest BCUT2D eigenvalue weighted by molar-refractivity contribution is -0.139. The van der Waals surface area contributed by atoms with Crippen LogP contribution in [0.25, 0.3) is 0 Å². The zero-order valence-corrected chi connectivity index (χ0v) is 9.93. The molecule has 0 aromatic heterocycles. The molecule has 0 aromatic rings. The zero-order chi connectivity index (χ0) is 11.3. The van der Waals surface area contributed by atoms with Crippen LogP contribution in [0.1, 0.15) is 39.0 Å². The number of rotatable bonds is 1. The molecule has 3 heterocycles. The summed E-state index contributed by atoms with van der Waals surface area (Å²) < 4.78 is 0. The van der Waals surface area contributed by atoms with Crippen molar-refractivity contribution in [3.8, 4) is 0 Å². The molecule has 90 valence electrons. The largest absolute Gasteiger partial charge is 0.378 e. The van der Waals surface area contributed by atoms with Crippen LogP contribution in [0.5, 0.6) is 0 Å². The first-order valence-corrected chi connectivity index (χ1v) is 6.67.